The van der Waals surface area contributed by atoms with E-state index in [2.05, 4.69) is 5.32 Å². The summed E-state index contributed by atoms with van der Waals surface area (Å²) in [5.41, 5.74) is 1.77. The van der Waals surface area contributed by atoms with Crippen molar-refractivity contribution < 1.29 is 14.4 Å². The number of para-hydroxylation sites is 1. The van der Waals surface area contributed by atoms with E-state index in [0.717, 1.165) is 27.8 Å². The van der Waals surface area contributed by atoms with Gasteiger partial charge in [-0.25, -0.2) is 4.79 Å². The largest absolute Gasteiger partial charge is 0.350 e. The summed E-state index contributed by atoms with van der Waals surface area (Å²) in [7, 11) is 1.91. The van der Waals surface area contributed by atoms with Crippen molar-refractivity contribution in [2.45, 2.75) is 19.8 Å². The molecule has 1 N–H and O–H groups in total. The molecule has 1 aromatic carbocycles. The molecule has 6 heteroatoms. The molecule has 0 saturated carbocycles. The van der Waals surface area contributed by atoms with Gasteiger partial charge in [-0.3, -0.25) is 19.8 Å². The summed E-state index contributed by atoms with van der Waals surface area (Å²) in [6.45, 7) is 2.28. The molecule has 24 heavy (non-hydrogen) atoms. The first-order valence-electron chi connectivity index (χ1n) is 7.96. The topological polar surface area (TPSA) is 71.4 Å². The predicted molar refractivity (Wildman–Crippen MR) is 91.1 cm³/mol. The van der Waals surface area contributed by atoms with Crippen LogP contribution in [0.15, 0.2) is 36.0 Å². The van der Waals surface area contributed by atoms with E-state index >= 15 is 0 Å². The van der Waals surface area contributed by atoms with Crippen LogP contribution in [0.2, 0.25) is 0 Å². The van der Waals surface area contributed by atoms with E-state index in [0.29, 0.717) is 13.0 Å². The first-order valence-corrected chi connectivity index (χ1v) is 7.96. The Labute approximate surface area is 139 Å². The van der Waals surface area contributed by atoms with Crippen LogP contribution in [0.3, 0.4) is 0 Å². The number of aromatic nitrogens is 1. The van der Waals surface area contributed by atoms with Gasteiger partial charge in [0.05, 0.1) is 0 Å². The molecule has 1 fully saturated rings. The molecule has 0 atom stereocenters. The molecule has 1 aromatic heterocycles. The number of aryl methyl sites for hydroxylation is 1. The van der Waals surface area contributed by atoms with Crippen LogP contribution in [-0.4, -0.2) is 33.9 Å². The van der Waals surface area contributed by atoms with E-state index in [-0.39, 0.29) is 5.57 Å². The van der Waals surface area contributed by atoms with Gasteiger partial charge < -0.3 is 4.57 Å². The number of imide groups is 2. The van der Waals surface area contributed by atoms with Crippen molar-refractivity contribution in [1.29, 1.82) is 0 Å². The lowest BCUT2D eigenvalue weighted by molar-refractivity contribution is -0.130. The van der Waals surface area contributed by atoms with Crippen molar-refractivity contribution in [2.75, 3.05) is 6.54 Å². The second-order valence-corrected chi connectivity index (χ2v) is 5.84. The summed E-state index contributed by atoms with van der Waals surface area (Å²) in [5.74, 6) is -1.18. The summed E-state index contributed by atoms with van der Waals surface area (Å²) in [6.07, 6.45) is 4.98. The number of nitrogens with zero attached hydrogens (tertiary/aromatic N) is 2. The maximum atomic E-state index is 12.6. The number of urea groups is 1. The van der Waals surface area contributed by atoms with Crippen molar-refractivity contribution in [1.82, 2.24) is 14.8 Å². The van der Waals surface area contributed by atoms with Gasteiger partial charge >= 0.3 is 6.03 Å². The molecule has 0 unspecified atom stereocenters. The molecule has 1 saturated heterocycles. The molecule has 3 rings (SSSR count). The van der Waals surface area contributed by atoms with Crippen molar-refractivity contribution in [3.63, 3.8) is 0 Å². The Bertz CT molecular complexity index is 864. The van der Waals surface area contributed by atoms with Crippen LogP contribution in [0, 0.1) is 0 Å². The van der Waals surface area contributed by atoms with Gasteiger partial charge in [-0.2, -0.15) is 0 Å². The lowest BCUT2D eigenvalue weighted by Gasteiger charge is -2.26. The predicted octanol–water partition coefficient (Wildman–Crippen LogP) is 2.44. The number of fused-ring (bicyclic) bond motifs is 1. The number of rotatable bonds is 4. The third-order valence-corrected chi connectivity index (χ3v) is 4.15. The fourth-order valence-corrected chi connectivity index (χ4v) is 2.86. The Balaban J connectivity index is 2.02. The number of amides is 4. The van der Waals surface area contributed by atoms with Gasteiger partial charge in [-0.15, -0.1) is 0 Å². The fourth-order valence-electron chi connectivity index (χ4n) is 2.86. The molecule has 0 aliphatic carbocycles. The Kier molecular flexibility index (Phi) is 4.20. The highest BCUT2D eigenvalue weighted by Gasteiger charge is 2.35. The quantitative estimate of drug-likeness (QED) is 0.693. The average molecular weight is 325 g/mol. The summed E-state index contributed by atoms with van der Waals surface area (Å²) >= 11 is 0. The number of nitrogens with one attached hydrogen (secondary N) is 1. The first-order chi connectivity index (χ1) is 11.5. The average Bonchev–Trinajstić information content (AvgIpc) is 2.88. The number of carbonyl (C=O) groups excluding carboxylic acids is 3. The molecule has 0 radical (unpaired) electrons. The van der Waals surface area contributed by atoms with E-state index in [4.69, 9.17) is 0 Å². The zero-order chi connectivity index (χ0) is 17.3. The van der Waals surface area contributed by atoms with Crippen LogP contribution < -0.4 is 5.32 Å². The zero-order valence-electron chi connectivity index (χ0n) is 13.7. The third kappa shape index (κ3) is 2.71. The zero-order valence-corrected chi connectivity index (χ0v) is 13.7. The smallest absolute Gasteiger partial charge is 0.331 e. The Morgan fingerprint density at radius 1 is 1.17 bits per heavy atom. The van der Waals surface area contributed by atoms with Crippen molar-refractivity contribution >= 4 is 34.8 Å². The number of hydrogen-bond donors (Lipinski definition) is 1. The van der Waals surface area contributed by atoms with Crippen molar-refractivity contribution in [2.24, 2.45) is 7.05 Å². The molecule has 124 valence electrons. The van der Waals surface area contributed by atoms with Gasteiger partial charge in [0.15, 0.2) is 0 Å². The van der Waals surface area contributed by atoms with Crippen molar-refractivity contribution in [3.05, 3.63) is 41.6 Å². The van der Waals surface area contributed by atoms with Crippen LogP contribution in [-0.2, 0) is 16.6 Å². The number of unbranched alkanes of at least 4 members (excludes halogenated alkanes) is 1. The molecule has 4 amide bonds. The number of carbonyl (C=O) groups is 3. The lowest BCUT2D eigenvalue weighted by Crippen LogP contribution is -2.54. The standard InChI is InChI=1S/C18H19N3O3/c1-3-4-9-21-17(23)14(16(22)19-18(21)24)10-12-11-20(2)15-8-6-5-7-13(12)15/h5-8,10-11H,3-4,9H2,1-2H3,(H,19,22,24)/b14-10-. The van der Waals surface area contributed by atoms with Gasteiger partial charge in [0.1, 0.15) is 5.57 Å². The van der Waals surface area contributed by atoms with Crippen LogP contribution in [0.1, 0.15) is 25.3 Å². The number of hydrogen-bond acceptors (Lipinski definition) is 3. The molecule has 6 nitrogen and oxygen atoms in total. The summed E-state index contributed by atoms with van der Waals surface area (Å²) in [4.78, 5) is 37.7. The minimum atomic E-state index is -0.648. The summed E-state index contributed by atoms with van der Waals surface area (Å²) in [5, 5.41) is 3.20. The third-order valence-electron chi connectivity index (χ3n) is 4.15. The molecule has 1 aliphatic heterocycles. The first kappa shape index (κ1) is 16.0. The van der Waals surface area contributed by atoms with Crippen LogP contribution in [0.5, 0.6) is 0 Å². The highest BCUT2D eigenvalue weighted by atomic mass is 16.2. The second kappa shape index (κ2) is 6.31. The summed E-state index contributed by atoms with van der Waals surface area (Å²) in [6, 6.07) is 7.10. The minimum absolute atomic E-state index is 0.0120. The maximum absolute atomic E-state index is 12.6. The Morgan fingerprint density at radius 2 is 1.92 bits per heavy atom. The van der Waals surface area contributed by atoms with E-state index in [1.54, 1.807) is 6.08 Å². The van der Waals surface area contributed by atoms with E-state index in [9.17, 15) is 14.4 Å². The van der Waals surface area contributed by atoms with Gasteiger partial charge in [0, 0.05) is 36.3 Å². The number of barbiturate groups is 1. The monoisotopic (exact) mass is 325 g/mol. The Morgan fingerprint density at radius 3 is 2.67 bits per heavy atom. The van der Waals surface area contributed by atoms with Crippen molar-refractivity contribution in [3.8, 4) is 0 Å². The molecular weight excluding hydrogens is 306 g/mol. The second-order valence-electron chi connectivity index (χ2n) is 5.84. The van der Waals surface area contributed by atoms with E-state index < -0.39 is 17.8 Å². The van der Waals surface area contributed by atoms with Crippen LogP contribution in [0.25, 0.3) is 17.0 Å². The summed E-state index contributed by atoms with van der Waals surface area (Å²) < 4.78 is 1.94. The molecule has 2 aromatic rings. The minimum Gasteiger partial charge on any atom is -0.350 e. The van der Waals surface area contributed by atoms with Crippen LogP contribution in [0.4, 0.5) is 4.79 Å². The molecular formula is C18H19N3O3. The van der Waals surface area contributed by atoms with Gasteiger partial charge in [0.25, 0.3) is 11.8 Å². The van der Waals surface area contributed by atoms with E-state index in [1.165, 1.54) is 0 Å². The number of benzene rings is 1. The fraction of sp³-hybridized carbons (Fsp3) is 0.278. The normalized spacial score (nSPS) is 17.0. The van der Waals surface area contributed by atoms with Gasteiger partial charge in [-0.05, 0) is 18.6 Å². The molecule has 1 aliphatic rings. The maximum Gasteiger partial charge on any atom is 0.331 e. The van der Waals surface area contributed by atoms with Crippen LogP contribution >= 0.6 is 0 Å². The lowest BCUT2D eigenvalue weighted by atomic mass is 10.1. The Hall–Kier alpha value is -2.89. The molecule has 2 heterocycles. The molecule has 0 spiro atoms. The highest BCUT2D eigenvalue weighted by molar-refractivity contribution is 6.31. The van der Waals surface area contributed by atoms with E-state index in [1.807, 2.05) is 49.0 Å². The SMILES string of the molecule is CCCCN1C(=O)NC(=O)/C(=C/c2cn(C)c3ccccc23)C1=O. The highest BCUT2D eigenvalue weighted by Crippen LogP contribution is 2.24. The van der Waals surface area contributed by atoms with Gasteiger partial charge in [0.2, 0.25) is 0 Å². The molecule has 0 bridgehead atoms. The van der Waals surface area contributed by atoms with Gasteiger partial charge in [-0.1, -0.05) is 31.5 Å².